The van der Waals surface area contributed by atoms with Crippen LogP contribution in [-0.2, 0) is 13.0 Å². The second-order valence-electron chi connectivity index (χ2n) is 3.77. The van der Waals surface area contributed by atoms with Crippen LogP contribution in [0.3, 0.4) is 0 Å². The fourth-order valence-corrected chi connectivity index (χ4v) is 1.49. The van der Waals surface area contributed by atoms with Crippen molar-refractivity contribution in [2.45, 2.75) is 13.0 Å². The smallest absolute Gasteiger partial charge is 0.358 e. The van der Waals surface area contributed by atoms with Gasteiger partial charge in [-0.1, -0.05) is 11.2 Å². The minimum Gasteiger partial charge on any atom is -0.476 e. The van der Waals surface area contributed by atoms with Gasteiger partial charge in [-0.05, 0) is 24.6 Å². The van der Waals surface area contributed by atoms with Crippen molar-refractivity contribution in [1.29, 1.82) is 0 Å². The molecule has 0 unspecified atom stereocenters. The highest BCUT2D eigenvalue weighted by Gasteiger charge is 2.09. The van der Waals surface area contributed by atoms with Gasteiger partial charge in [0.15, 0.2) is 11.5 Å². The van der Waals surface area contributed by atoms with E-state index >= 15 is 0 Å². The molecule has 6 nitrogen and oxygen atoms in total. The number of carboxylic acids is 1. The van der Waals surface area contributed by atoms with Gasteiger partial charge in [-0.15, -0.1) is 0 Å². The van der Waals surface area contributed by atoms with Crippen LogP contribution in [0, 0.1) is 0 Å². The summed E-state index contributed by atoms with van der Waals surface area (Å²) in [5.41, 5.74) is 1.08. The van der Waals surface area contributed by atoms with E-state index in [1.54, 1.807) is 6.20 Å². The van der Waals surface area contributed by atoms with Crippen molar-refractivity contribution in [2.75, 3.05) is 6.54 Å². The predicted molar refractivity (Wildman–Crippen MR) is 63.1 cm³/mol. The van der Waals surface area contributed by atoms with Crippen LogP contribution in [0.5, 0.6) is 0 Å². The molecular formula is C12H13N3O3. The van der Waals surface area contributed by atoms with Crippen LogP contribution in [-0.4, -0.2) is 27.8 Å². The number of rotatable bonds is 6. The maximum Gasteiger partial charge on any atom is 0.358 e. The molecule has 94 valence electrons. The number of carboxylic acid groups (broad SMARTS) is 1. The SMILES string of the molecule is O=C(O)c1cc(CNCCc2cccnc2)on1. The maximum absolute atomic E-state index is 10.6. The number of aromatic nitrogens is 2. The Kier molecular flexibility index (Phi) is 4.03. The first-order valence-corrected chi connectivity index (χ1v) is 5.54. The normalized spacial score (nSPS) is 10.4. The predicted octanol–water partition coefficient (Wildman–Crippen LogP) is 1.10. The summed E-state index contributed by atoms with van der Waals surface area (Å²) in [6.07, 6.45) is 4.41. The monoisotopic (exact) mass is 247 g/mol. The van der Waals surface area contributed by atoms with Crippen molar-refractivity contribution in [3.8, 4) is 0 Å². The zero-order valence-electron chi connectivity index (χ0n) is 9.67. The Morgan fingerprint density at radius 3 is 3.06 bits per heavy atom. The molecular weight excluding hydrogens is 234 g/mol. The summed E-state index contributed by atoms with van der Waals surface area (Å²) in [5, 5.41) is 15.2. The van der Waals surface area contributed by atoms with Crippen molar-refractivity contribution in [3.05, 3.63) is 47.6 Å². The topological polar surface area (TPSA) is 88.2 Å². The van der Waals surface area contributed by atoms with E-state index in [1.807, 2.05) is 18.3 Å². The summed E-state index contributed by atoms with van der Waals surface area (Å²) in [4.78, 5) is 14.6. The lowest BCUT2D eigenvalue weighted by Gasteiger charge is -2.01. The molecule has 2 heterocycles. The summed E-state index contributed by atoms with van der Waals surface area (Å²) in [5.74, 6) is -0.570. The summed E-state index contributed by atoms with van der Waals surface area (Å²) in [6.45, 7) is 1.22. The Morgan fingerprint density at radius 1 is 1.50 bits per heavy atom. The quantitative estimate of drug-likeness (QED) is 0.743. The van der Waals surface area contributed by atoms with E-state index in [0.717, 1.165) is 18.5 Å². The van der Waals surface area contributed by atoms with E-state index in [2.05, 4.69) is 15.5 Å². The Bertz CT molecular complexity index is 510. The van der Waals surface area contributed by atoms with E-state index in [0.29, 0.717) is 12.3 Å². The van der Waals surface area contributed by atoms with Crippen LogP contribution in [0.2, 0.25) is 0 Å². The summed E-state index contributed by atoms with van der Waals surface area (Å²) in [6, 6.07) is 5.32. The van der Waals surface area contributed by atoms with Crippen LogP contribution in [0.4, 0.5) is 0 Å². The molecule has 2 aromatic heterocycles. The van der Waals surface area contributed by atoms with Gasteiger partial charge in [-0.2, -0.15) is 0 Å². The fourth-order valence-electron chi connectivity index (χ4n) is 1.49. The molecule has 18 heavy (non-hydrogen) atoms. The van der Waals surface area contributed by atoms with Crippen LogP contribution in [0.15, 0.2) is 35.1 Å². The number of nitrogens with zero attached hydrogens (tertiary/aromatic N) is 2. The second kappa shape index (κ2) is 5.92. The molecule has 0 saturated heterocycles. The molecule has 2 N–H and O–H groups in total. The highest BCUT2D eigenvalue weighted by molar-refractivity contribution is 5.85. The minimum absolute atomic E-state index is 0.0703. The highest BCUT2D eigenvalue weighted by atomic mass is 16.5. The molecule has 2 aromatic rings. The standard InChI is InChI=1S/C12H13N3O3/c16-12(17)11-6-10(18-15-11)8-14-5-3-9-2-1-4-13-7-9/h1-2,4,6-7,14H,3,5,8H2,(H,16,17). The molecule has 0 aromatic carbocycles. The molecule has 2 rings (SSSR count). The lowest BCUT2D eigenvalue weighted by atomic mass is 10.2. The lowest BCUT2D eigenvalue weighted by Crippen LogP contribution is -2.16. The fraction of sp³-hybridized carbons (Fsp3) is 0.250. The number of nitrogens with one attached hydrogen (secondary N) is 1. The number of hydrogen-bond acceptors (Lipinski definition) is 5. The molecule has 0 amide bonds. The number of pyridine rings is 1. The molecule has 0 saturated carbocycles. The van der Waals surface area contributed by atoms with E-state index < -0.39 is 5.97 Å². The van der Waals surface area contributed by atoms with E-state index in [9.17, 15) is 4.79 Å². The maximum atomic E-state index is 10.6. The molecule has 0 radical (unpaired) electrons. The Balaban J connectivity index is 1.73. The first-order chi connectivity index (χ1) is 8.75. The van der Waals surface area contributed by atoms with Gasteiger partial charge in [-0.25, -0.2) is 4.79 Å². The van der Waals surface area contributed by atoms with Gasteiger partial charge in [0.25, 0.3) is 0 Å². The van der Waals surface area contributed by atoms with Crippen LogP contribution in [0.1, 0.15) is 21.8 Å². The Hall–Kier alpha value is -2.21. The van der Waals surface area contributed by atoms with Gasteiger partial charge in [-0.3, -0.25) is 4.98 Å². The summed E-state index contributed by atoms with van der Waals surface area (Å²) in [7, 11) is 0. The van der Waals surface area contributed by atoms with Gasteiger partial charge in [0.1, 0.15) is 0 Å². The van der Waals surface area contributed by atoms with Gasteiger partial charge in [0.2, 0.25) is 0 Å². The van der Waals surface area contributed by atoms with E-state index in [-0.39, 0.29) is 5.69 Å². The molecule has 6 heteroatoms. The summed E-state index contributed by atoms with van der Waals surface area (Å²) < 4.78 is 4.87. The Morgan fingerprint density at radius 2 is 2.39 bits per heavy atom. The zero-order chi connectivity index (χ0) is 12.8. The van der Waals surface area contributed by atoms with E-state index in [4.69, 9.17) is 9.63 Å². The van der Waals surface area contributed by atoms with Crippen molar-refractivity contribution in [2.24, 2.45) is 0 Å². The van der Waals surface area contributed by atoms with Crippen molar-refractivity contribution in [1.82, 2.24) is 15.5 Å². The zero-order valence-corrected chi connectivity index (χ0v) is 9.67. The first kappa shape index (κ1) is 12.3. The lowest BCUT2D eigenvalue weighted by molar-refractivity contribution is 0.0685. The third kappa shape index (κ3) is 3.39. The third-order valence-electron chi connectivity index (χ3n) is 2.39. The van der Waals surface area contributed by atoms with Crippen molar-refractivity contribution < 1.29 is 14.4 Å². The number of hydrogen-bond donors (Lipinski definition) is 2. The van der Waals surface area contributed by atoms with Crippen molar-refractivity contribution in [3.63, 3.8) is 0 Å². The average molecular weight is 247 g/mol. The van der Waals surface area contributed by atoms with Crippen molar-refractivity contribution >= 4 is 5.97 Å². The molecule has 0 spiro atoms. The molecule has 0 aliphatic carbocycles. The van der Waals surface area contributed by atoms with Gasteiger partial charge in [0.05, 0.1) is 6.54 Å². The Labute approximate surface area is 104 Å². The van der Waals surface area contributed by atoms with Gasteiger partial charge < -0.3 is 14.9 Å². The van der Waals surface area contributed by atoms with Crippen LogP contribution < -0.4 is 5.32 Å². The number of aromatic carboxylic acids is 1. The minimum atomic E-state index is -1.08. The average Bonchev–Trinajstić information content (AvgIpc) is 2.85. The summed E-state index contributed by atoms with van der Waals surface area (Å²) >= 11 is 0. The van der Waals surface area contributed by atoms with Crippen LogP contribution in [0.25, 0.3) is 0 Å². The highest BCUT2D eigenvalue weighted by Crippen LogP contribution is 2.03. The molecule has 0 fully saturated rings. The molecule has 0 aliphatic heterocycles. The molecule has 0 atom stereocenters. The molecule has 0 aliphatic rings. The third-order valence-corrected chi connectivity index (χ3v) is 2.39. The number of carbonyl (C=O) groups is 1. The largest absolute Gasteiger partial charge is 0.476 e. The van der Waals surface area contributed by atoms with Gasteiger partial charge >= 0.3 is 5.97 Å². The molecule has 0 bridgehead atoms. The van der Waals surface area contributed by atoms with E-state index in [1.165, 1.54) is 6.07 Å². The van der Waals surface area contributed by atoms with Crippen LogP contribution >= 0.6 is 0 Å². The van der Waals surface area contributed by atoms with Gasteiger partial charge in [0, 0.05) is 18.5 Å². The second-order valence-corrected chi connectivity index (χ2v) is 3.77. The first-order valence-electron chi connectivity index (χ1n) is 5.54.